The molecule has 4 rings (SSSR count). The molecule has 4 saturated carbocycles. The summed E-state index contributed by atoms with van der Waals surface area (Å²) >= 11 is 0. The smallest absolute Gasteiger partial charge is 0.389 e. The van der Waals surface area contributed by atoms with Crippen molar-refractivity contribution in [3.05, 3.63) is 0 Å². The zero-order chi connectivity index (χ0) is 19.0. The predicted octanol–water partition coefficient (Wildman–Crippen LogP) is 4.68. The van der Waals surface area contributed by atoms with Crippen LogP contribution in [-0.4, -0.2) is 30.6 Å². The molecule has 2 nitrogen and oxygen atoms in total. The van der Waals surface area contributed by atoms with Crippen LogP contribution in [0.5, 0.6) is 0 Å². The van der Waals surface area contributed by atoms with Crippen LogP contribution in [0.4, 0.5) is 30.7 Å². The highest BCUT2D eigenvalue weighted by atomic mass is 19.4. The molecule has 0 saturated heterocycles. The Hall–Kier alpha value is -1.02. The molecule has 9 heteroatoms. The lowest BCUT2D eigenvalue weighted by molar-refractivity contribution is -0.245. The second-order valence-corrected chi connectivity index (χ2v) is 7.71. The highest BCUT2D eigenvalue weighted by Crippen LogP contribution is 2.83. The number of alkyl halides is 7. The summed E-state index contributed by atoms with van der Waals surface area (Å²) in [5.74, 6) is -10.0. The molecule has 0 radical (unpaired) electrons. The van der Waals surface area contributed by atoms with Crippen molar-refractivity contribution in [3.8, 4) is 0 Å². The lowest BCUT2D eigenvalue weighted by Crippen LogP contribution is -2.46. The first-order valence-corrected chi connectivity index (χ1v) is 8.25. The zero-order valence-corrected chi connectivity index (χ0v) is 13.7. The largest absolute Gasteiger partial charge is 0.459 e. The van der Waals surface area contributed by atoms with Crippen molar-refractivity contribution in [2.45, 2.75) is 51.1 Å². The second-order valence-electron chi connectivity index (χ2n) is 7.71. The minimum Gasteiger partial charge on any atom is -0.459 e. The third-order valence-corrected chi connectivity index (χ3v) is 6.65. The van der Waals surface area contributed by atoms with Crippen LogP contribution < -0.4 is 0 Å². The summed E-state index contributed by atoms with van der Waals surface area (Å²) in [5, 5.41) is 0. The third-order valence-electron chi connectivity index (χ3n) is 6.65. The first kappa shape index (κ1) is 18.8. The van der Waals surface area contributed by atoms with Gasteiger partial charge in [-0.25, -0.2) is 0 Å². The highest BCUT2D eigenvalue weighted by Gasteiger charge is 2.85. The predicted molar refractivity (Wildman–Crippen MR) is 72.0 cm³/mol. The van der Waals surface area contributed by atoms with Gasteiger partial charge in [0, 0.05) is 12.8 Å². The maximum absolute atomic E-state index is 13.6. The number of rotatable bonds is 6. The molecule has 0 aromatic carbocycles. The van der Waals surface area contributed by atoms with Crippen molar-refractivity contribution in [2.24, 2.45) is 35.0 Å². The van der Waals surface area contributed by atoms with Gasteiger partial charge in [-0.1, -0.05) is 13.8 Å². The molecular weight excluding hydrogens is 357 g/mol. The lowest BCUT2D eigenvalue weighted by Gasteiger charge is -2.27. The number of hydrogen-bond acceptors (Lipinski definition) is 2. The van der Waals surface area contributed by atoms with Crippen LogP contribution in [0.2, 0.25) is 0 Å². The Labute approximate surface area is 140 Å². The minimum absolute atomic E-state index is 0.0411. The van der Waals surface area contributed by atoms with E-state index in [9.17, 15) is 35.5 Å². The Balaban J connectivity index is 1.60. The first-order valence-electron chi connectivity index (χ1n) is 8.25. The molecule has 6 atom stereocenters. The summed E-state index contributed by atoms with van der Waals surface area (Å²) in [6.07, 6.45) is -8.24. The van der Waals surface area contributed by atoms with Crippen LogP contribution >= 0.6 is 0 Å². The second kappa shape index (κ2) is 5.25. The number of esters is 1. The van der Waals surface area contributed by atoms with Crippen molar-refractivity contribution < 1.29 is 40.3 Å². The average Bonchev–Trinajstić information content (AvgIpc) is 2.77. The Morgan fingerprint density at radius 2 is 1.64 bits per heavy atom. The molecule has 0 spiro atoms. The van der Waals surface area contributed by atoms with Gasteiger partial charge in [-0.05, 0) is 36.0 Å². The molecule has 0 aromatic rings. The van der Waals surface area contributed by atoms with Crippen molar-refractivity contribution >= 4 is 5.97 Å². The van der Waals surface area contributed by atoms with E-state index in [1.54, 1.807) is 0 Å². The number of carbonyl (C=O) groups is 1. The van der Waals surface area contributed by atoms with Gasteiger partial charge in [0.15, 0.2) is 6.61 Å². The molecule has 4 aliphatic rings. The zero-order valence-electron chi connectivity index (χ0n) is 13.7. The van der Waals surface area contributed by atoms with Gasteiger partial charge in [0.25, 0.3) is 0 Å². The van der Waals surface area contributed by atoms with Gasteiger partial charge in [-0.2, -0.15) is 30.7 Å². The van der Waals surface area contributed by atoms with Crippen molar-refractivity contribution in [1.82, 2.24) is 0 Å². The summed E-state index contributed by atoms with van der Waals surface area (Å²) in [6.45, 7) is 1.92. The average molecular weight is 376 g/mol. The van der Waals surface area contributed by atoms with E-state index in [-0.39, 0.29) is 23.7 Å². The van der Waals surface area contributed by atoms with E-state index in [1.165, 1.54) is 0 Å². The molecule has 4 fully saturated rings. The number of hydrogen-bond donors (Lipinski definition) is 0. The Morgan fingerprint density at radius 3 is 2.04 bits per heavy atom. The molecule has 0 aliphatic heterocycles. The molecular formula is C16H19F7O2. The molecule has 4 aliphatic carbocycles. The monoisotopic (exact) mass is 376 g/mol. The molecule has 0 N–H and O–H groups in total. The maximum Gasteiger partial charge on any atom is 0.389 e. The molecule has 6 unspecified atom stereocenters. The summed E-state index contributed by atoms with van der Waals surface area (Å²) in [6, 6.07) is 0. The number of carbonyl (C=O) groups excluding carboxylic acids is 1. The van der Waals surface area contributed by atoms with E-state index in [1.807, 2.05) is 13.8 Å². The molecule has 25 heavy (non-hydrogen) atoms. The van der Waals surface area contributed by atoms with Gasteiger partial charge in [0.1, 0.15) is 0 Å². The molecule has 0 aromatic heterocycles. The maximum atomic E-state index is 13.6. The number of ether oxygens (including phenoxy) is 1. The van der Waals surface area contributed by atoms with Crippen LogP contribution in [-0.2, 0) is 9.53 Å². The molecule has 0 heterocycles. The van der Waals surface area contributed by atoms with Gasteiger partial charge < -0.3 is 4.74 Å². The van der Waals surface area contributed by atoms with E-state index in [0.29, 0.717) is 5.92 Å². The van der Waals surface area contributed by atoms with Gasteiger partial charge in [-0.3, -0.25) is 4.79 Å². The number of halogens is 7. The fourth-order valence-electron chi connectivity index (χ4n) is 5.43. The van der Waals surface area contributed by atoms with Crippen molar-refractivity contribution in [1.29, 1.82) is 0 Å². The van der Waals surface area contributed by atoms with Crippen LogP contribution in [0.25, 0.3) is 0 Å². The Bertz CT molecular complexity index is 569. The van der Waals surface area contributed by atoms with Crippen LogP contribution in [0.3, 0.4) is 0 Å². The summed E-state index contributed by atoms with van der Waals surface area (Å²) in [4.78, 5) is 12.3. The van der Waals surface area contributed by atoms with E-state index < -0.39 is 48.9 Å². The summed E-state index contributed by atoms with van der Waals surface area (Å²) < 4.78 is 94.8. The van der Waals surface area contributed by atoms with E-state index in [2.05, 4.69) is 4.74 Å². The van der Waals surface area contributed by atoms with E-state index in [0.717, 1.165) is 6.42 Å². The SMILES string of the molecule is CC1C2CC3C1C3(C(=O)OCC(F)(F)C(F)(F)CCC(F)(F)F)C2C. The van der Waals surface area contributed by atoms with E-state index >= 15 is 0 Å². The highest BCUT2D eigenvalue weighted by molar-refractivity contribution is 5.84. The standard InChI is InChI=1S/C16H19F7O2/c1-7-9-5-10-11(7)16(10,8(9)2)12(24)25-6-14(19,20)13(17,18)3-4-15(21,22)23/h7-11H,3-6H2,1-2H3. The lowest BCUT2D eigenvalue weighted by atomic mass is 9.90. The van der Waals surface area contributed by atoms with Crippen LogP contribution in [0, 0.1) is 35.0 Å². The normalized spacial score (nSPS) is 39.6. The van der Waals surface area contributed by atoms with Crippen LogP contribution in [0.1, 0.15) is 33.1 Å². The fraction of sp³-hybridized carbons (Fsp3) is 0.938. The minimum atomic E-state index is -4.97. The van der Waals surface area contributed by atoms with Gasteiger partial charge >= 0.3 is 24.0 Å². The van der Waals surface area contributed by atoms with Crippen molar-refractivity contribution in [2.75, 3.05) is 6.61 Å². The van der Waals surface area contributed by atoms with Gasteiger partial charge in [-0.15, -0.1) is 0 Å². The third kappa shape index (κ3) is 2.55. The topological polar surface area (TPSA) is 26.3 Å². The van der Waals surface area contributed by atoms with Crippen molar-refractivity contribution in [3.63, 3.8) is 0 Å². The van der Waals surface area contributed by atoms with Crippen LogP contribution in [0.15, 0.2) is 0 Å². The molecule has 4 bridgehead atoms. The quantitative estimate of drug-likeness (QED) is 0.497. The fourth-order valence-corrected chi connectivity index (χ4v) is 5.43. The summed E-state index contributed by atoms with van der Waals surface area (Å²) in [7, 11) is 0. The summed E-state index contributed by atoms with van der Waals surface area (Å²) in [5.41, 5.74) is -0.860. The molecule has 144 valence electrons. The van der Waals surface area contributed by atoms with Gasteiger partial charge in [0.05, 0.1) is 5.41 Å². The van der Waals surface area contributed by atoms with E-state index in [4.69, 9.17) is 0 Å². The molecule has 0 amide bonds. The Kier molecular flexibility index (Phi) is 3.94. The first-order chi connectivity index (χ1) is 11.3. The van der Waals surface area contributed by atoms with Gasteiger partial charge in [0.2, 0.25) is 0 Å². The Morgan fingerprint density at radius 1 is 1.04 bits per heavy atom.